The second-order valence-corrected chi connectivity index (χ2v) is 10.8. The predicted molar refractivity (Wildman–Crippen MR) is 193 cm³/mol. The summed E-state index contributed by atoms with van der Waals surface area (Å²) in [6, 6.07) is -0.649. The number of aliphatic hydroxyl groups is 2. The van der Waals surface area contributed by atoms with Gasteiger partial charge in [0.1, 0.15) is 0 Å². The molecule has 4 heteroatoms. The van der Waals surface area contributed by atoms with Gasteiger partial charge in [-0.25, -0.2) is 0 Å². The van der Waals surface area contributed by atoms with Crippen LogP contribution in [0.4, 0.5) is 0 Å². The molecule has 0 aliphatic carbocycles. The third kappa shape index (κ3) is 30.5. The fourth-order valence-corrected chi connectivity index (χ4v) is 4.13. The fourth-order valence-electron chi connectivity index (χ4n) is 4.13. The Morgan fingerprint density at radius 2 is 0.977 bits per heavy atom. The molecule has 0 aromatic carbocycles. The third-order valence-corrected chi connectivity index (χ3v) is 6.76. The van der Waals surface area contributed by atoms with E-state index in [-0.39, 0.29) is 12.5 Å². The van der Waals surface area contributed by atoms with Crippen molar-refractivity contribution in [1.29, 1.82) is 0 Å². The first-order valence-electron chi connectivity index (χ1n) is 17.1. The summed E-state index contributed by atoms with van der Waals surface area (Å²) in [7, 11) is 0. The lowest BCUT2D eigenvalue weighted by molar-refractivity contribution is -0.123. The summed E-state index contributed by atoms with van der Waals surface area (Å²) in [5, 5.41) is 22.5. The van der Waals surface area contributed by atoms with Crippen molar-refractivity contribution in [3.8, 4) is 0 Å². The molecule has 246 valence electrons. The zero-order valence-electron chi connectivity index (χ0n) is 27.9. The number of hydrogen-bond donors (Lipinski definition) is 3. The molecular formula is C40H63NO3. The Bertz CT molecular complexity index is 917. The second-order valence-electron chi connectivity index (χ2n) is 10.8. The molecular weight excluding hydrogens is 542 g/mol. The van der Waals surface area contributed by atoms with Gasteiger partial charge in [-0.15, -0.1) is 0 Å². The first-order valence-corrected chi connectivity index (χ1v) is 17.1. The molecule has 0 saturated heterocycles. The van der Waals surface area contributed by atoms with Gasteiger partial charge in [0.2, 0.25) is 5.91 Å². The van der Waals surface area contributed by atoms with E-state index < -0.39 is 12.1 Å². The van der Waals surface area contributed by atoms with Crippen LogP contribution in [-0.2, 0) is 4.79 Å². The molecule has 0 aromatic heterocycles. The van der Waals surface area contributed by atoms with Crippen LogP contribution in [-0.4, -0.2) is 34.9 Å². The molecule has 0 fully saturated rings. The van der Waals surface area contributed by atoms with E-state index >= 15 is 0 Å². The van der Waals surface area contributed by atoms with Gasteiger partial charge >= 0.3 is 0 Å². The Morgan fingerprint density at radius 3 is 1.41 bits per heavy atom. The summed E-state index contributed by atoms with van der Waals surface area (Å²) in [6.07, 6.45) is 53.4. The highest BCUT2D eigenvalue weighted by Gasteiger charge is 2.17. The van der Waals surface area contributed by atoms with Crippen molar-refractivity contribution in [3.05, 3.63) is 109 Å². The van der Waals surface area contributed by atoms with Crippen molar-refractivity contribution < 1.29 is 15.0 Å². The number of carbonyl (C=O) groups is 1. The minimum atomic E-state index is -0.860. The van der Waals surface area contributed by atoms with E-state index in [1.807, 2.05) is 6.08 Å². The van der Waals surface area contributed by atoms with E-state index in [1.54, 1.807) is 6.08 Å². The van der Waals surface area contributed by atoms with Crippen LogP contribution in [0.2, 0.25) is 0 Å². The van der Waals surface area contributed by atoms with Gasteiger partial charge in [-0.05, 0) is 83.5 Å². The lowest BCUT2D eigenvalue weighted by Crippen LogP contribution is -2.45. The zero-order valence-corrected chi connectivity index (χ0v) is 27.9. The van der Waals surface area contributed by atoms with Crippen LogP contribution in [0.25, 0.3) is 0 Å². The van der Waals surface area contributed by atoms with Gasteiger partial charge in [-0.2, -0.15) is 0 Å². The molecule has 44 heavy (non-hydrogen) atoms. The van der Waals surface area contributed by atoms with E-state index in [9.17, 15) is 15.0 Å². The minimum absolute atomic E-state index is 0.121. The number of unbranched alkanes of at least 4 members (excludes halogenated alkanes) is 5. The Hall–Kier alpha value is -2.95. The van der Waals surface area contributed by atoms with E-state index in [0.29, 0.717) is 6.42 Å². The molecule has 0 heterocycles. The lowest BCUT2D eigenvalue weighted by atomic mass is 10.1. The third-order valence-electron chi connectivity index (χ3n) is 6.76. The van der Waals surface area contributed by atoms with Crippen LogP contribution in [0, 0.1) is 0 Å². The number of amides is 1. The van der Waals surface area contributed by atoms with Gasteiger partial charge in [0.25, 0.3) is 0 Å². The highest BCUT2D eigenvalue weighted by molar-refractivity contribution is 5.76. The number of carbonyl (C=O) groups excluding carboxylic acids is 1. The molecule has 4 nitrogen and oxygen atoms in total. The van der Waals surface area contributed by atoms with Crippen LogP contribution in [0.5, 0.6) is 0 Å². The Morgan fingerprint density at radius 1 is 0.568 bits per heavy atom. The molecule has 2 atom stereocenters. The van der Waals surface area contributed by atoms with Crippen molar-refractivity contribution in [1.82, 2.24) is 5.32 Å². The van der Waals surface area contributed by atoms with Crippen LogP contribution in [0.15, 0.2) is 109 Å². The number of nitrogens with one attached hydrogen (secondary N) is 1. The largest absolute Gasteiger partial charge is 0.394 e. The normalized spacial score (nSPS) is 14.5. The maximum absolute atomic E-state index is 12.2. The average Bonchev–Trinajstić information content (AvgIpc) is 3.03. The van der Waals surface area contributed by atoms with Gasteiger partial charge < -0.3 is 15.5 Å². The number of allylic oxidation sites excluding steroid dienone is 17. The molecule has 0 aliphatic heterocycles. The van der Waals surface area contributed by atoms with Gasteiger partial charge in [-0.3, -0.25) is 4.79 Å². The summed E-state index contributed by atoms with van der Waals surface area (Å²) in [5.41, 5.74) is 0. The first-order chi connectivity index (χ1) is 21.7. The zero-order chi connectivity index (χ0) is 32.2. The Kier molecular flexibility index (Phi) is 32.2. The van der Waals surface area contributed by atoms with E-state index in [2.05, 4.69) is 116 Å². The molecule has 3 N–H and O–H groups in total. The summed E-state index contributed by atoms with van der Waals surface area (Å²) < 4.78 is 0. The van der Waals surface area contributed by atoms with Crippen LogP contribution in [0.1, 0.15) is 117 Å². The first kappa shape index (κ1) is 41.0. The van der Waals surface area contributed by atoms with Gasteiger partial charge in [0, 0.05) is 6.42 Å². The number of rotatable bonds is 28. The number of aliphatic hydroxyl groups excluding tert-OH is 2. The topological polar surface area (TPSA) is 69.6 Å². The van der Waals surface area contributed by atoms with Crippen molar-refractivity contribution in [3.63, 3.8) is 0 Å². The molecule has 0 bridgehead atoms. The van der Waals surface area contributed by atoms with Gasteiger partial charge in [-0.1, -0.05) is 136 Å². The van der Waals surface area contributed by atoms with Crippen molar-refractivity contribution in [2.45, 2.75) is 129 Å². The number of hydrogen-bond acceptors (Lipinski definition) is 3. The van der Waals surface area contributed by atoms with Gasteiger partial charge in [0.15, 0.2) is 0 Å². The molecule has 2 unspecified atom stereocenters. The van der Waals surface area contributed by atoms with Crippen LogP contribution < -0.4 is 5.32 Å². The van der Waals surface area contributed by atoms with E-state index in [1.165, 1.54) is 0 Å². The summed E-state index contributed by atoms with van der Waals surface area (Å²) in [4.78, 5) is 12.2. The maximum atomic E-state index is 12.2. The molecule has 1 amide bonds. The van der Waals surface area contributed by atoms with Crippen molar-refractivity contribution in [2.75, 3.05) is 6.61 Å². The maximum Gasteiger partial charge on any atom is 0.220 e. The summed E-state index contributed by atoms with van der Waals surface area (Å²) in [5.74, 6) is -0.121. The lowest BCUT2D eigenvalue weighted by Gasteiger charge is -2.19. The van der Waals surface area contributed by atoms with Gasteiger partial charge in [0.05, 0.1) is 18.8 Å². The average molecular weight is 606 g/mol. The van der Waals surface area contributed by atoms with E-state index in [4.69, 9.17) is 0 Å². The van der Waals surface area contributed by atoms with Crippen LogP contribution >= 0.6 is 0 Å². The minimum Gasteiger partial charge on any atom is -0.394 e. The second kappa shape index (κ2) is 34.5. The predicted octanol–water partition coefficient (Wildman–Crippen LogP) is 10.1. The Labute approximate surface area is 270 Å². The molecule has 0 aliphatic rings. The molecule has 0 spiro atoms. The molecule has 0 radical (unpaired) electrons. The quantitative estimate of drug-likeness (QED) is 0.0614. The standard InChI is InChI=1S/C40H63NO3/c1-3-5-7-9-10-11-12-13-14-15-16-17-18-19-20-21-22-23-24-25-26-27-28-29-30-32-34-36-40(44)41-38(37-42)39(43)35-33-31-8-6-4-2/h5,7,10-11,13-14,16-17,19-20,22-23,25-26,28-29,33,35,38-39,42-43H,3-4,6,8-9,12,15,18,21,24,27,30-32,34,36-37H2,1-2H3,(H,41,44)/b7-5-,11-10-,14-13-,17-16-,20-19-,23-22-,26-25-,29-28-,35-33+. The molecule has 0 aromatic rings. The highest BCUT2D eigenvalue weighted by atomic mass is 16.3. The monoisotopic (exact) mass is 605 g/mol. The Balaban J connectivity index is 3.77. The van der Waals surface area contributed by atoms with E-state index in [0.717, 1.165) is 96.3 Å². The summed E-state index contributed by atoms with van der Waals surface area (Å²) >= 11 is 0. The molecule has 0 saturated carbocycles. The smallest absolute Gasteiger partial charge is 0.220 e. The SMILES string of the molecule is CC/C=C\C/C=C\C/C=C\C/C=C\C/C=C\C/C=C\C/C=C\C/C=C\CCCCC(=O)NC(CO)C(O)/C=C/CCCCC. The fraction of sp³-hybridized carbons (Fsp3) is 0.525. The highest BCUT2D eigenvalue weighted by Crippen LogP contribution is 2.05. The van der Waals surface area contributed by atoms with Crippen molar-refractivity contribution >= 4 is 5.91 Å². The van der Waals surface area contributed by atoms with Crippen molar-refractivity contribution in [2.24, 2.45) is 0 Å². The summed E-state index contributed by atoms with van der Waals surface area (Å²) in [6.45, 7) is 4.03. The van der Waals surface area contributed by atoms with Crippen LogP contribution in [0.3, 0.4) is 0 Å². The molecule has 0 rings (SSSR count).